The number of likely N-dealkylation sites (tertiary alicyclic amines) is 1. The fourth-order valence-electron chi connectivity index (χ4n) is 4.45. The minimum Gasteiger partial charge on any atom is -0.423 e. The van der Waals surface area contributed by atoms with Crippen LogP contribution in [-0.4, -0.2) is 24.0 Å². The number of piperidine rings is 1. The number of anilines is 1. The fourth-order valence-corrected chi connectivity index (χ4v) is 4.62. The van der Waals surface area contributed by atoms with Gasteiger partial charge in [-0.25, -0.2) is 4.79 Å². The van der Waals surface area contributed by atoms with Gasteiger partial charge in [-0.2, -0.15) is 0 Å². The normalized spacial score (nSPS) is 15.2. The molecule has 1 aliphatic heterocycles. The van der Waals surface area contributed by atoms with Crippen molar-refractivity contribution in [1.82, 2.24) is 4.90 Å². The lowest BCUT2D eigenvalue weighted by Gasteiger charge is -2.33. The van der Waals surface area contributed by atoms with Crippen molar-refractivity contribution in [2.75, 3.05) is 18.4 Å². The Morgan fingerprint density at radius 2 is 1.69 bits per heavy atom. The number of rotatable bonds is 5. The summed E-state index contributed by atoms with van der Waals surface area (Å²) in [4.78, 5) is 14.5. The van der Waals surface area contributed by atoms with Crippen LogP contribution in [0.4, 0.5) is 5.69 Å². The van der Waals surface area contributed by atoms with Gasteiger partial charge in [-0.1, -0.05) is 60.1 Å². The van der Waals surface area contributed by atoms with Crippen LogP contribution < -0.4 is 10.9 Å². The molecule has 0 spiro atoms. The molecule has 0 saturated carbocycles. The standard InChI is InChI=1S/C27H25ClN2O2/c28-22-9-10-26-24(16-22)25(17-27(31)32-26)29-23-11-13-30(14-12-23)18-19-5-4-8-21(15-19)20-6-2-1-3-7-20/h1-10,15-17,23,29H,11-14,18H2. The molecular formula is C27H25ClN2O2. The monoisotopic (exact) mass is 444 g/mol. The lowest BCUT2D eigenvalue weighted by Crippen LogP contribution is -2.38. The first kappa shape index (κ1) is 20.8. The van der Waals surface area contributed by atoms with E-state index in [4.69, 9.17) is 16.0 Å². The highest BCUT2D eigenvalue weighted by atomic mass is 35.5. The molecule has 5 heteroatoms. The zero-order valence-corrected chi connectivity index (χ0v) is 18.5. The molecule has 0 amide bonds. The van der Waals surface area contributed by atoms with Gasteiger partial charge in [0.25, 0.3) is 0 Å². The molecule has 1 aromatic heterocycles. The highest BCUT2D eigenvalue weighted by Crippen LogP contribution is 2.27. The lowest BCUT2D eigenvalue weighted by molar-refractivity contribution is 0.211. The SMILES string of the molecule is O=c1cc(NC2CCN(Cc3cccc(-c4ccccc4)c3)CC2)c2cc(Cl)ccc2o1. The maximum absolute atomic E-state index is 12.0. The van der Waals surface area contributed by atoms with Gasteiger partial charge in [-0.3, -0.25) is 4.90 Å². The number of fused-ring (bicyclic) bond motifs is 1. The van der Waals surface area contributed by atoms with Gasteiger partial charge in [0.1, 0.15) is 5.58 Å². The Morgan fingerprint density at radius 3 is 2.50 bits per heavy atom. The molecule has 4 nitrogen and oxygen atoms in total. The molecule has 1 fully saturated rings. The Balaban J connectivity index is 1.23. The number of hydrogen-bond acceptors (Lipinski definition) is 4. The summed E-state index contributed by atoms with van der Waals surface area (Å²) in [5.41, 5.74) is 4.84. The summed E-state index contributed by atoms with van der Waals surface area (Å²) in [6.45, 7) is 2.96. The van der Waals surface area contributed by atoms with Crippen LogP contribution in [0.5, 0.6) is 0 Å². The van der Waals surface area contributed by atoms with Crippen LogP contribution in [0.25, 0.3) is 22.1 Å². The van der Waals surface area contributed by atoms with Crippen molar-refractivity contribution >= 4 is 28.3 Å². The maximum Gasteiger partial charge on any atom is 0.338 e. The van der Waals surface area contributed by atoms with Crippen molar-refractivity contribution in [3.05, 3.63) is 99.9 Å². The second-order valence-electron chi connectivity index (χ2n) is 8.38. The van der Waals surface area contributed by atoms with Gasteiger partial charge < -0.3 is 9.73 Å². The summed E-state index contributed by atoms with van der Waals surface area (Å²) >= 11 is 6.17. The van der Waals surface area contributed by atoms with E-state index in [1.54, 1.807) is 12.1 Å². The first-order valence-electron chi connectivity index (χ1n) is 11.0. The molecule has 0 radical (unpaired) electrons. The average molecular weight is 445 g/mol. The maximum atomic E-state index is 12.0. The third-order valence-electron chi connectivity index (χ3n) is 6.09. The molecule has 0 bridgehead atoms. The largest absolute Gasteiger partial charge is 0.423 e. The number of hydrogen-bond donors (Lipinski definition) is 1. The molecule has 0 unspecified atom stereocenters. The van der Waals surface area contributed by atoms with Gasteiger partial charge in [0.05, 0.1) is 5.69 Å². The molecule has 0 aliphatic carbocycles. The quantitative estimate of drug-likeness (QED) is 0.373. The van der Waals surface area contributed by atoms with Crippen molar-refractivity contribution in [1.29, 1.82) is 0 Å². The number of halogens is 1. The van der Waals surface area contributed by atoms with Crippen LogP contribution in [-0.2, 0) is 6.54 Å². The van der Waals surface area contributed by atoms with Gasteiger partial charge in [0.2, 0.25) is 0 Å². The van der Waals surface area contributed by atoms with Crippen LogP contribution in [0.3, 0.4) is 0 Å². The first-order valence-corrected chi connectivity index (χ1v) is 11.4. The zero-order chi connectivity index (χ0) is 21.9. The molecule has 1 saturated heterocycles. The molecule has 0 atom stereocenters. The van der Waals surface area contributed by atoms with Crippen LogP contribution in [0, 0.1) is 0 Å². The second kappa shape index (κ2) is 9.19. The Bertz CT molecular complexity index is 1280. The summed E-state index contributed by atoms with van der Waals surface area (Å²) in [6.07, 6.45) is 2.03. The van der Waals surface area contributed by atoms with E-state index in [0.717, 1.165) is 43.5 Å². The highest BCUT2D eigenvalue weighted by Gasteiger charge is 2.20. The number of nitrogens with one attached hydrogen (secondary N) is 1. The number of benzene rings is 3. The highest BCUT2D eigenvalue weighted by molar-refractivity contribution is 6.31. The predicted octanol–water partition coefficient (Wildman–Crippen LogP) is 6.19. The lowest BCUT2D eigenvalue weighted by atomic mass is 10.0. The Morgan fingerprint density at radius 1 is 0.906 bits per heavy atom. The predicted molar refractivity (Wildman–Crippen MR) is 131 cm³/mol. The van der Waals surface area contributed by atoms with Gasteiger partial charge in [-0.15, -0.1) is 0 Å². The van der Waals surface area contributed by atoms with E-state index >= 15 is 0 Å². The second-order valence-corrected chi connectivity index (χ2v) is 8.82. The zero-order valence-electron chi connectivity index (χ0n) is 17.8. The molecule has 1 N–H and O–H groups in total. The Labute approximate surface area is 192 Å². The van der Waals surface area contributed by atoms with E-state index in [1.165, 1.54) is 22.8 Å². The Hall–Kier alpha value is -3.08. The van der Waals surface area contributed by atoms with Crippen molar-refractivity contribution < 1.29 is 4.42 Å². The van der Waals surface area contributed by atoms with Crippen molar-refractivity contribution in [2.24, 2.45) is 0 Å². The van der Waals surface area contributed by atoms with Gasteiger partial charge in [-0.05, 0) is 53.8 Å². The van der Waals surface area contributed by atoms with Crippen molar-refractivity contribution in [3.8, 4) is 11.1 Å². The summed E-state index contributed by atoms with van der Waals surface area (Å²) in [7, 11) is 0. The van der Waals surface area contributed by atoms with Crippen LogP contribution in [0.1, 0.15) is 18.4 Å². The molecule has 4 aromatic rings. The molecule has 162 valence electrons. The fraction of sp³-hybridized carbons (Fsp3) is 0.222. The first-order chi connectivity index (χ1) is 15.6. The van der Waals surface area contributed by atoms with Gasteiger partial charge >= 0.3 is 5.63 Å². The van der Waals surface area contributed by atoms with E-state index in [2.05, 4.69) is 58.7 Å². The minimum absolute atomic E-state index is 0.311. The molecule has 2 heterocycles. The van der Waals surface area contributed by atoms with E-state index < -0.39 is 0 Å². The van der Waals surface area contributed by atoms with Crippen LogP contribution in [0.15, 0.2) is 88.1 Å². The third-order valence-corrected chi connectivity index (χ3v) is 6.33. The van der Waals surface area contributed by atoms with Gasteiger partial charge in [0, 0.05) is 42.2 Å². The average Bonchev–Trinajstić information content (AvgIpc) is 2.81. The smallest absolute Gasteiger partial charge is 0.338 e. The third kappa shape index (κ3) is 4.72. The van der Waals surface area contributed by atoms with E-state index in [0.29, 0.717) is 16.6 Å². The van der Waals surface area contributed by atoms with Crippen molar-refractivity contribution in [3.63, 3.8) is 0 Å². The molecular weight excluding hydrogens is 420 g/mol. The van der Waals surface area contributed by atoms with E-state index in [1.807, 2.05) is 12.1 Å². The summed E-state index contributed by atoms with van der Waals surface area (Å²) in [6, 6.07) is 26.5. The minimum atomic E-state index is -0.349. The molecule has 3 aromatic carbocycles. The van der Waals surface area contributed by atoms with Crippen molar-refractivity contribution in [2.45, 2.75) is 25.4 Å². The van der Waals surface area contributed by atoms with E-state index in [-0.39, 0.29) is 5.63 Å². The number of nitrogens with zero attached hydrogens (tertiary/aromatic N) is 1. The molecule has 1 aliphatic rings. The molecule has 32 heavy (non-hydrogen) atoms. The van der Waals surface area contributed by atoms with E-state index in [9.17, 15) is 4.79 Å². The summed E-state index contributed by atoms with van der Waals surface area (Å²) in [5.74, 6) is 0. The van der Waals surface area contributed by atoms with Gasteiger partial charge in [0.15, 0.2) is 0 Å². The summed E-state index contributed by atoms with van der Waals surface area (Å²) < 4.78 is 5.31. The molecule has 5 rings (SSSR count). The topological polar surface area (TPSA) is 45.5 Å². The summed E-state index contributed by atoms with van der Waals surface area (Å²) in [5, 5.41) is 5.03. The van der Waals surface area contributed by atoms with Crippen LogP contribution in [0.2, 0.25) is 5.02 Å². The Kier molecular flexibility index (Phi) is 5.97. The van der Waals surface area contributed by atoms with Crippen LogP contribution >= 0.6 is 11.6 Å².